The quantitative estimate of drug-likeness (QED) is 0.249. The summed E-state index contributed by atoms with van der Waals surface area (Å²) in [5.41, 5.74) is 3.56. The van der Waals surface area contributed by atoms with Crippen molar-refractivity contribution in [1.29, 1.82) is 0 Å². The molecule has 0 saturated heterocycles. The minimum Gasteiger partial charge on any atom is -0.543 e. The molecule has 5 nitrogen and oxygen atoms in total. The number of rotatable bonds is 13. The van der Waals surface area contributed by atoms with Gasteiger partial charge in [-0.05, 0) is 60.5 Å². The zero-order valence-electron chi connectivity index (χ0n) is 23.4. The zero-order chi connectivity index (χ0) is 26.1. The Labute approximate surface area is 209 Å². The lowest BCUT2D eigenvalue weighted by molar-refractivity contribution is -0.146. The topological polar surface area (TPSA) is 64.6 Å². The number of esters is 1. The summed E-state index contributed by atoms with van der Waals surface area (Å²) in [5, 5.41) is 3.11. The van der Waals surface area contributed by atoms with Gasteiger partial charge in [0.15, 0.2) is 0 Å². The van der Waals surface area contributed by atoms with Gasteiger partial charge >= 0.3 is 5.97 Å². The number of hydrogen-bond donors (Lipinski definition) is 1. The molecule has 194 valence electrons. The fraction of sp³-hybridized carbons (Fsp3) is 0.714. The van der Waals surface area contributed by atoms with E-state index < -0.39 is 14.2 Å². The van der Waals surface area contributed by atoms with Gasteiger partial charge in [-0.15, -0.1) is 0 Å². The highest BCUT2D eigenvalue weighted by molar-refractivity contribution is 6.74. The van der Waals surface area contributed by atoms with Crippen LogP contribution in [0.3, 0.4) is 0 Å². The van der Waals surface area contributed by atoms with Crippen LogP contribution in [0.2, 0.25) is 18.1 Å². The van der Waals surface area contributed by atoms with E-state index in [0.29, 0.717) is 6.42 Å². The molecule has 0 aromatic heterocycles. The maximum atomic E-state index is 12.8. The molecule has 0 fully saturated rings. The first-order valence-electron chi connectivity index (χ1n) is 13.0. The van der Waals surface area contributed by atoms with Crippen molar-refractivity contribution in [1.82, 2.24) is 5.32 Å². The molecule has 1 N–H and O–H groups in total. The highest BCUT2D eigenvalue weighted by Gasteiger charge is 2.40. The summed E-state index contributed by atoms with van der Waals surface area (Å²) in [4.78, 5) is 24.7. The molecule has 0 aliphatic carbocycles. The Morgan fingerprint density at radius 2 is 1.53 bits per heavy atom. The van der Waals surface area contributed by atoms with Crippen LogP contribution < -0.4 is 9.74 Å². The molecule has 0 bridgehead atoms. The average Bonchev–Trinajstić information content (AvgIpc) is 2.72. The Hall–Kier alpha value is -1.82. The molecule has 0 saturated carbocycles. The number of nitrogens with one attached hydrogen (secondary N) is 1. The smallest absolute Gasteiger partial charge is 0.311 e. The summed E-state index contributed by atoms with van der Waals surface area (Å²) in [6, 6.07) is 4.19. The van der Waals surface area contributed by atoms with E-state index >= 15 is 0 Å². The fourth-order valence-electron chi connectivity index (χ4n) is 4.14. The second-order valence-electron chi connectivity index (χ2n) is 11.0. The van der Waals surface area contributed by atoms with Gasteiger partial charge in [0.2, 0.25) is 5.91 Å². The molecule has 2 atom stereocenters. The Balaban J connectivity index is 3.54. The Kier molecular flexibility index (Phi) is 11.8. The molecule has 1 amide bonds. The van der Waals surface area contributed by atoms with Crippen LogP contribution in [0.1, 0.15) is 90.8 Å². The SMILES string of the molecule is CCCc1cc(CC(C(=O)OC)C(CCC)NC(C)=O)cc(CCC)c1O[Si](C)(C)C(C)(C)C. The third-order valence-corrected chi connectivity index (χ3v) is 11.3. The van der Waals surface area contributed by atoms with Crippen molar-refractivity contribution in [2.45, 2.75) is 118 Å². The lowest BCUT2D eigenvalue weighted by Gasteiger charge is -2.38. The van der Waals surface area contributed by atoms with Crippen LogP contribution in [0, 0.1) is 5.92 Å². The van der Waals surface area contributed by atoms with Crippen molar-refractivity contribution in [2.24, 2.45) is 5.92 Å². The van der Waals surface area contributed by atoms with Gasteiger partial charge in [-0.25, -0.2) is 0 Å². The number of carbonyl (C=O) groups is 2. The second kappa shape index (κ2) is 13.3. The van der Waals surface area contributed by atoms with Crippen LogP contribution in [0.5, 0.6) is 5.75 Å². The predicted molar refractivity (Wildman–Crippen MR) is 144 cm³/mol. The van der Waals surface area contributed by atoms with Gasteiger partial charge in [0.25, 0.3) is 8.32 Å². The van der Waals surface area contributed by atoms with Gasteiger partial charge in [0, 0.05) is 13.0 Å². The molecule has 6 heteroatoms. The third-order valence-electron chi connectivity index (χ3n) is 6.94. The van der Waals surface area contributed by atoms with Gasteiger partial charge in [-0.2, -0.15) is 0 Å². The van der Waals surface area contributed by atoms with Crippen molar-refractivity contribution in [3.8, 4) is 5.75 Å². The monoisotopic (exact) mass is 491 g/mol. The van der Waals surface area contributed by atoms with Crippen LogP contribution in [-0.2, 0) is 33.6 Å². The van der Waals surface area contributed by atoms with E-state index in [1.807, 2.05) is 0 Å². The molecule has 1 aromatic carbocycles. The van der Waals surface area contributed by atoms with Gasteiger partial charge in [-0.3, -0.25) is 9.59 Å². The van der Waals surface area contributed by atoms with E-state index in [2.05, 4.69) is 72.1 Å². The number of ether oxygens (including phenoxy) is 1. The molecule has 0 radical (unpaired) electrons. The van der Waals surface area contributed by atoms with E-state index in [1.54, 1.807) is 0 Å². The lowest BCUT2D eigenvalue weighted by Crippen LogP contribution is -2.44. The first-order chi connectivity index (χ1) is 15.8. The number of benzene rings is 1. The van der Waals surface area contributed by atoms with Crippen LogP contribution in [0.25, 0.3) is 0 Å². The number of carbonyl (C=O) groups excluding carboxylic acids is 2. The zero-order valence-corrected chi connectivity index (χ0v) is 24.4. The van der Waals surface area contributed by atoms with Crippen LogP contribution in [-0.4, -0.2) is 33.3 Å². The number of hydrogen-bond acceptors (Lipinski definition) is 4. The van der Waals surface area contributed by atoms with Crippen molar-refractivity contribution >= 4 is 20.2 Å². The van der Waals surface area contributed by atoms with Gasteiger partial charge in [-0.1, -0.05) is 72.9 Å². The van der Waals surface area contributed by atoms with Crippen LogP contribution in [0.4, 0.5) is 0 Å². The maximum Gasteiger partial charge on any atom is 0.311 e. The fourth-order valence-corrected chi connectivity index (χ4v) is 5.21. The molecule has 34 heavy (non-hydrogen) atoms. The summed E-state index contributed by atoms with van der Waals surface area (Å²) in [6.07, 6.45) is 6.05. The number of amides is 1. The van der Waals surface area contributed by atoms with Gasteiger partial charge < -0.3 is 14.5 Å². The summed E-state index contributed by atoms with van der Waals surface area (Å²) in [6.45, 7) is 19.3. The summed E-state index contributed by atoms with van der Waals surface area (Å²) in [7, 11) is -0.584. The molecule has 2 unspecified atom stereocenters. The highest BCUT2D eigenvalue weighted by atomic mass is 28.4. The minimum atomic E-state index is -2.01. The Morgan fingerprint density at radius 1 is 1.00 bits per heavy atom. The minimum absolute atomic E-state index is 0.111. The molecule has 1 rings (SSSR count). The molecular weight excluding hydrogens is 442 g/mol. The van der Waals surface area contributed by atoms with Crippen LogP contribution >= 0.6 is 0 Å². The van der Waals surface area contributed by atoms with Crippen molar-refractivity contribution in [2.75, 3.05) is 7.11 Å². The molecule has 0 aliphatic rings. The summed E-state index contributed by atoms with van der Waals surface area (Å²) in [5.74, 6) is 0.234. The Morgan fingerprint density at radius 3 is 1.91 bits per heavy atom. The normalized spacial score (nSPS) is 13.8. The standard InChI is InChI=1S/C28H49NO4Si/c1-11-14-22-17-21(19-24(27(31)32-8)25(16-13-3)29-20(4)30)18-23(15-12-2)26(22)33-34(9,10)28(5,6)7/h17-18,24-25H,11-16,19H2,1-10H3,(H,29,30). The van der Waals surface area contributed by atoms with Gasteiger partial charge in [0.1, 0.15) is 5.75 Å². The second-order valence-corrected chi connectivity index (χ2v) is 15.8. The lowest BCUT2D eigenvalue weighted by atomic mass is 9.87. The molecule has 0 spiro atoms. The maximum absolute atomic E-state index is 12.8. The summed E-state index contributed by atoms with van der Waals surface area (Å²) >= 11 is 0. The molecule has 0 heterocycles. The predicted octanol–water partition coefficient (Wildman–Crippen LogP) is 6.61. The highest BCUT2D eigenvalue weighted by Crippen LogP contribution is 2.40. The van der Waals surface area contributed by atoms with Crippen molar-refractivity contribution < 1.29 is 18.8 Å². The van der Waals surface area contributed by atoms with Crippen molar-refractivity contribution in [3.05, 3.63) is 28.8 Å². The summed E-state index contributed by atoms with van der Waals surface area (Å²) < 4.78 is 12.1. The first kappa shape index (κ1) is 30.2. The van der Waals surface area contributed by atoms with Crippen molar-refractivity contribution in [3.63, 3.8) is 0 Å². The van der Waals surface area contributed by atoms with E-state index in [-0.39, 0.29) is 23.0 Å². The molecular formula is C28H49NO4Si. The van der Waals surface area contributed by atoms with E-state index in [0.717, 1.165) is 49.8 Å². The number of methoxy groups -OCH3 is 1. The largest absolute Gasteiger partial charge is 0.543 e. The third kappa shape index (κ3) is 8.44. The molecule has 0 aliphatic heterocycles. The van der Waals surface area contributed by atoms with Gasteiger partial charge in [0.05, 0.1) is 13.0 Å². The van der Waals surface area contributed by atoms with E-state index in [1.165, 1.54) is 25.2 Å². The van der Waals surface area contributed by atoms with E-state index in [9.17, 15) is 9.59 Å². The van der Waals surface area contributed by atoms with E-state index in [4.69, 9.17) is 9.16 Å². The first-order valence-corrected chi connectivity index (χ1v) is 15.9. The Bertz CT molecular complexity index is 786. The molecule has 1 aromatic rings. The number of aryl methyl sites for hydroxylation is 2. The average molecular weight is 492 g/mol. The van der Waals surface area contributed by atoms with Crippen LogP contribution in [0.15, 0.2) is 12.1 Å².